The maximum absolute atomic E-state index is 12.3. The highest BCUT2D eigenvalue weighted by atomic mass is 35.7. The van der Waals surface area contributed by atoms with Gasteiger partial charge in [-0.2, -0.15) is 5.26 Å². The van der Waals surface area contributed by atoms with Crippen LogP contribution in [0.1, 0.15) is 23.4 Å². The Labute approximate surface area is 94.9 Å². The summed E-state index contributed by atoms with van der Waals surface area (Å²) in [7, 11) is 0.897. The number of halogens is 3. The Hall–Kier alpha value is -1.26. The van der Waals surface area contributed by atoms with E-state index in [-0.39, 0.29) is 5.69 Å². The highest BCUT2D eigenvalue weighted by Gasteiger charge is 2.23. The number of nitrogens with zero attached hydrogens (tertiary/aromatic N) is 2. The molecule has 0 N–H and O–H groups in total. The van der Waals surface area contributed by atoms with Crippen molar-refractivity contribution in [3.8, 4) is 6.07 Å². The molecule has 0 aliphatic heterocycles. The van der Waals surface area contributed by atoms with E-state index >= 15 is 0 Å². The molecule has 1 aromatic rings. The van der Waals surface area contributed by atoms with Crippen molar-refractivity contribution in [2.45, 2.75) is 18.2 Å². The van der Waals surface area contributed by atoms with Gasteiger partial charge in [-0.1, -0.05) is 0 Å². The number of alkyl halides is 2. The molecule has 1 aromatic heterocycles. The van der Waals surface area contributed by atoms with E-state index in [9.17, 15) is 17.2 Å². The van der Waals surface area contributed by atoms with E-state index in [2.05, 4.69) is 4.98 Å². The first kappa shape index (κ1) is 12.8. The highest BCUT2D eigenvalue weighted by molar-refractivity contribution is 8.13. The van der Waals surface area contributed by atoms with Crippen LogP contribution in [0.15, 0.2) is 11.0 Å². The molecular formula is C8H5ClF2N2O2S. The van der Waals surface area contributed by atoms with Crippen LogP contribution in [0.4, 0.5) is 8.78 Å². The lowest BCUT2D eigenvalue weighted by atomic mass is 10.2. The van der Waals surface area contributed by atoms with Gasteiger partial charge in [-0.15, -0.1) is 0 Å². The molecule has 0 amide bonds. The second kappa shape index (κ2) is 4.31. The van der Waals surface area contributed by atoms with Crippen molar-refractivity contribution in [2.24, 2.45) is 0 Å². The summed E-state index contributed by atoms with van der Waals surface area (Å²) in [6.45, 7) is 1.20. The SMILES string of the molecule is Cc1nc(C(F)F)cc(C#N)c1S(=O)(=O)Cl. The third-order valence-electron chi connectivity index (χ3n) is 1.75. The fourth-order valence-corrected chi connectivity index (χ4v) is 2.54. The predicted octanol–water partition coefficient (Wildman–Crippen LogP) is 2.13. The molecular weight excluding hydrogens is 262 g/mol. The number of hydrogen-bond donors (Lipinski definition) is 0. The summed E-state index contributed by atoms with van der Waals surface area (Å²) < 4.78 is 46.9. The van der Waals surface area contributed by atoms with Gasteiger partial charge in [0.1, 0.15) is 16.7 Å². The van der Waals surface area contributed by atoms with E-state index in [0.29, 0.717) is 6.07 Å². The monoisotopic (exact) mass is 266 g/mol. The zero-order valence-corrected chi connectivity index (χ0v) is 9.48. The minimum absolute atomic E-state index is 0.218. The number of hydrogen-bond acceptors (Lipinski definition) is 4. The average Bonchev–Trinajstić information content (AvgIpc) is 2.14. The van der Waals surface area contributed by atoms with Crippen LogP contribution in [-0.4, -0.2) is 13.4 Å². The third kappa shape index (κ3) is 2.46. The zero-order chi connectivity index (χ0) is 12.5. The molecule has 8 heteroatoms. The smallest absolute Gasteiger partial charge is 0.251 e. The van der Waals surface area contributed by atoms with E-state index in [1.807, 2.05) is 0 Å². The number of aromatic nitrogens is 1. The highest BCUT2D eigenvalue weighted by Crippen LogP contribution is 2.26. The maximum Gasteiger partial charge on any atom is 0.280 e. The molecule has 1 rings (SSSR count). The van der Waals surface area contributed by atoms with E-state index in [4.69, 9.17) is 15.9 Å². The van der Waals surface area contributed by atoms with Crippen LogP contribution >= 0.6 is 10.7 Å². The van der Waals surface area contributed by atoms with Gasteiger partial charge in [0.2, 0.25) is 0 Å². The van der Waals surface area contributed by atoms with Crippen LogP contribution in [0.25, 0.3) is 0 Å². The number of pyridine rings is 1. The van der Waals surface area contributed by atoms with Crippen LogP contribution in [0.3, 0.4) is 0 Å². The second-order valence-corrected chi connectivity index (χ2v) is 5.36. The number of aryl methyl sites for hydroxylation is 1. The third-order valence-corrected chi connectivity index (χ3v) is 3.22. The topological polar surface area (TPSA) is 70.8 Å². The molecule has 0 bridgehead atoms. The molecule has 0 aliphatic carbocycles. The average molecular weight is 267 g/mol. The van der Waals surface area contributed by atoms with Gasteiger partial charge in [-0.25, -0.2) is 17.2 Å². The molecule has 0 radical (unpaired) electrons. The first-order valence-electron chi connectivity index (χ1n) is 3.92. The zero-order valence-electron chi connectivity index (χ0n) is 7.91. The molecule has 86 valence electrons. The van der Waals surface area contributed by atoms with Gasteiger partial charge in [0.15, 0.2) is 0 Å². The molecule has 0 saturated carbocycles. The standard InChI is InChI=1S/C8H5ClF2N2O2S/c1-4-7(16(9,14)15)5(3-12)2-6(13-4)8(10)11/h2,8H,1H3. The van der Waals surface area contributed by atoms with Gasteiger partial charge in [0.05, 0.1) is 11.3 Å². The summed E-state index contributed by atoms with van der Waals surface area (Å²) in [6, 6.07) is 2.22. The molecule has 4 nitrogen and oxygen atoms in total. The Morgan fingerprint density at radius 3 is 2.50 bits per heavy atom. The van der Waals surface area contributed by atoms with E-state index in [1.165, 1.54) is 13.0 Å². The van der Waals surface area contributed by atoms with Crippen molar-refractivity contribution in [3.63, 3.8) is 0 Å². The summed E-state index contributed by atoms with van der Waals surface area (Å²) >= 11 is 0. The molecule has 0 atom stereocenters. The molecule has 0 aliphatic rings. The van der Waals surface area contributed by atoms with E-state index in [1.54, 1.807) is 0 Å². The molecule has 1 heterocycles. The van der Waals surface area contributed by atoms with Gasteiger partial charge < -0.3 is 0 Å². The van der Waals surface area contributed by atoms with Crippen molar-refractivity contribution in [3.05, 3.63) is 23.0 Å². The summed E-state index contributed by atoms with van der Waals surface area (Å²) in [4.78, 5) is 2.86. The minimum Gasteiger partial charge on any atom is -0.251 e. The first-order valence-corrected chi connectivity index (χ1v) is 6.22. The Kier molecular flexibility index (Phi) is 3.45. The molecule has 0 saturated heterocycles. The van der Waals surface area contributed by atoms with Gasteiger partial charge in [-0.3, -0.25) is 4.98 Å². The van der Waals surface area contributed by atoms with Crippen LogP contribution in [0.5, 0.6) is 0 Å². The first-order chi connectivity index (χ1) is 7.27. The van der Waals surface area contributed by atoms with Crippen LogP contribution in [0.2, 0.25) is 0 Å². The van der Waals surface area contributed by atoms with Gasteiger partial charge >= 0.3 is 0 Å². The second-order valence-electron chi connectivity index (χ2n) is 2.86. The van der Waals surface area contributed by atoms with Crippen molar-refractivity contribution in [1.82, 2.24) is 4.98 Å². The molecule has 0 unspecified atom stereocenters. The van der Waals surface area contributed by atoms with Crippen molar-refractivity contribution < 1.29 is 17.2 Å². The fraction of sp³-hybridized carbons (Fsp3) is 0.250. The van der Waals surface area contributed by atoms with Crippen molar-refractivity contribution >= 4 is 19.7 Å². The molecule has 0 aromatic carbocycles. The van der Waals surface area contributed by atoms with E-state index < -0.39 is 31.6 Å². The van der Waals surface area contributed by atoms with E-state index in [0.717, 1.165) is 0 Å². The lowest BCUT2D eigenvalue weighted by Crippen LogP contribution is -2.04. The number of rotatable bonds is 2. The Morgan fingerprint density at radius 1 is 1.56 bits per heavy atom. The summed E-state index contributed by atoms with van der Waals surface area (Å²) in [5.41, 5.74) is -1.31. The maximum atomic E-state index is 12.3. The van der Waals surface area contributed by atoms with Crippen LogP contribution in [-0.2, 0) is 9.05 Å². The molecule has 0 fully saturated rings. The summed E-state index contributed by atoms with van der Waals surface area (Å²) in [5, 5.41) is 8.67. The number of nitriles is 1. The summed E-state index contributed by atoms with van der Waals surface area (Å²) in [5.74, 6) is 0. The lowest BCUT2D eigenvalue weighted by Gasteiger charge is -2.06. The van der Waals surface area contributed by atoms with Crippen molar-refractivity contribution in [2.75, 3.05) is 0 Å². The predicted molar refractivity (Wildman–Crippen MR) is 51.7 cm³/mol. The summed E-state index contributed by atoms with van der Waals surface area (Å²) in [6.07, 6.45) is -2.88. The lowest BCUT2D eigenvalue weighted by molar-refractivity contribution is 0.145. The van der Waals surface area contributed by atoms with Crippen LogP contribution in [0, 0.1) is 18.3 Å². The Morgan fingerprint density at radius 2 is 2.12 bits per heavy atom. The quantitative estimate of drug-likeness (QED) is 0.769. The minimum atomic E-state index is -4.18. The van der Waals surface area contributed by atoms with Crippen molar-refractivity contribution in [1.29, 1.82) is 5.26 Å². The Balaban J connectivity index is 3.62. The molecule has 16 heavy (non-hydrogen) atoms. The Bertz CT molecular complexity index is 566. The van der Waals surface area contributed by atoms with Gasteiger partial charge in [0.25, 0.3) is 15.5 Å². The van der Waals surface area contributed by atoms with Gasteiger partial charge in [0, 0.05) is 10.7 Å². The largest absolute Gasteiger partial charge is 0.280 e. The molecule has 0 spiro atoms. The van der Waals surface area contributed by atoms with Gasteiger partial charge in [-0.05, 0) is 13.0 Å². The fourth-order valence-electron chi connectivity index (χ4n) is 1.19. The van der Waals surface area contributed by atoms with Crippen LogP contribution < -0.4 is 0 Å². The normalized spacial score (nSPS) is 11.5.